The van der Waals surface area contributed by atoms with Crippen molar-refractivity contribution in [3.05, 3.63) is 48.6 Å². The van der Waals surface area contributed by atoms with Crippen molar-refractivity contribution in [1.82, 2.24) is 9.97 Å². The summed E-state index contributed by atoms with van der Waals surface area (Å²) < 4.78 is 51.9. The molecule has 0 saturated carbocycles. The number of hydrogen-bond acceptors (Lipinski definition) is 7. The highest BCUT2D eigenvalue weighted by atomic mass is 32.2. The molecule has 1 saturated heterocycles. The van der Waals surface area contributed by atoms with Crippen molar-refractivity contribution in [1.29, 1.82) is 0 Å². The Morgan fingerprint density at radius 1 is 1.10 bits per heavy atom. The van der Waals surface area contributed by atoms with Crippen LogP contribution in [0.2, 0.25) is 0 Å². The monoisotopic (exact) mass is 444 g/mol. The number of nitrogens with zero attached hydrogens (tertiary/aromatic N) is 2. The second-order valence-corrected chi connectivity index (χ2v) is 8.32. The van der Waals surface area contributed by atoms with E-state index in [1.807, 2.05) is 12.4 Å². The van der Waals surface area contributed by atoms with Crippen molar-refractivity contribution < 1.29 is 27.1 Å². The topological polar surface area (TPSA) is 57.4 Å². The number of hydrogen-bond donors (Lipinski definition) is 0. The van der Waals surface area contributed by atoms with Crippen LogP contribution in [0.5, 0.6) is 0 Å². The Labute approximate surface area is 174 Å². The van der Waals surface area contributed by atoms with Gasteiger partial charge < -0.3 is 13.9 Å². The molecule has 1 fully saturated rings. The molecule has 29 heavy (non-hydrogen) atoms. The second-order valence-electron chi connectivity index (χ2n) is 5.84. The maximum Gasteiger partial charge on any atom is 0.446 e. The molecule has 0 atom stereocenters. The van der Waals surface area contributed by atoms with Crippen LogP contribution in [-0.4, -0.2) is 34.4 Å². The fourth-order valence-corrected chi connectivity index (χ4v) is 3.79. The van der Waals surface area contributed by atoms with E-state index in [1.54, 1.807) is 11.8 Å². The number of rotatable bonds is 4. The van der Waals surface area contributed by atoms with Crippen LogP contribution in [0.15, 0.2) is 57.3 Å². The van der Waals surface area contributed by atoms with Crippen molar-refractivity contribution in [2.75, 3.05) is 19.0 Å². The third-order valence-corrected chi connectivity index (χ3v) is 5.25. The van der Waals surface area contributed by atoms with Crippen molar-refractivity contribution in [2.24, 2.45) is 0 Å². The lowest BCUT2D eigenvalue weighted by Crippen LogP contribution is -2.17. The van der Waals surface area contributed by atoms with Gasteiger partial charge in [0.15, 0.2) is 18.3 Å². The summed E-state index contributed by atoms with van der Waals surface area (Å²) in [5.74, 6) is 1.05. The molecule has 10 heteroatoms. The van der Waals surface area contributed by atoms with Crippen LogP contribution in [0.25, 0.3) is 11.1 Å². The minimum Gasteiger partial charge on any atom is -0.443 e. The summed E-state index contributed by atoms with van der Waals surface area (Å²) in [6, 6.07) is 6.26. The molecule has 3 heterocycles. The first-order chi connectivity index (χ1) is 13.9. The van der Waals surface area contributed by atoms with Crippen LogP contribution in [0.3, 0.4) is 0 Å². The highest BCUT2D eigenvalue weighted by Crippen LogP contribution is 2.37. The number of thioether (sulfide) groups is 2. The molecule has 2 aromatic heterocycles. The van der Waals surface area contributed by atoms with Gasteiger partial charge in [0.1, 0.15) is 5.52 Å². The normalized spacial score (nSPS) is 15.2. The van der Waals surface area contributed by atoms with E-state index in [4.69, 9.17) is 13.9 Å². The van der Waals surface area contributed by atoms with Gasteiger partial charge in [0, 0.05) is 27.7 Å². The average Bonchev–Trinajstić information content (AvgIpc) is 3.16. The van der Waals surface area contributed by atoms with E-state index in [0.717, 1.165) is 31.0 Å². The SMILES string of the molecule is CCSc1cncc(C2OCCCO2)c1.FC(F)(F)Sc1ccc2ocnc2c1. The Morgan fingerprint density at radius 2 is 1.90 bits per heavy atom. The molecule has 0 unspecified atom stereocenters. The summed E-state index contributed by atoms with van der Waals surface area (Å²) in [5.41, 5.74) is -2.33. The molecule has 0 bridgehead atoms. The van der Waals surface area contributed by atoms with E-state index in [-0.39, 0.29) is 22.9 Å². The summed E-state index contributed by atoms with van der Waals surface area (Å²) >= 11 is 1.62. The van der Waals surface area contributed by atoms with Crippen LogP contribution in [0.1, 0.15) is 25.2 Å². The molecule has 0 N–H and O–H groups in total. The molecule has 156 valence electrons. The number of oxazole rings is 1. The van der Waals surface area contributed by atoms with Crippen LogP contribution in [-0.2, 0) is 9.47 Å². The molecule has 0 radical (unpaired) electrons. The minimum atomic E-state index is -4.27. The first-order valence-electron chi connectivity index (χ1n) is 8.84. The Hall–Kier alpha value is -1.75. The summed E-state index contributed by atoms with van der Waals surface area (Å²) in [4.78, 5) is 9.24. The lowest BCUT2D eigenvalue weighted by Gasteiger charge is -2.23. The van der Waals surface area contributed by atoms with E-state index < -0.39 is 5.51 Å². The number of alkyl halides is 3. The van der Waals surface area contributed by atoms with Gasteiger partial charge in [0.05, 0.1) is 13.2 Å². The first-order valence-corrected chi connectivity index (χ1v) is 10.6. The zero-order valence-electron chi connectivity index (χ0n) is 15.5. The van der Waals surface area contributed by atoms with Crippen molar-refractivity contribution in [2.45, 2.75) is 34.9 Å². The fourth-order valence-electron chi connectivity index (χ4n) is 2.53. The van der Waals surface area contributed by atoms with Crippen molar-refractivity contribution >= 4 is 34.6 Å². The van der Waals surface area contributed by atoms with Gasteiger partial charge in [0.2, 0.25) is 0 Å². The number of halogens is 3. The smallest absolute Gasteiger partial charge is 0.443 e. The Kier molecular flexibility index (Phi) is 7.82. The minimum absolute atomic E-state index is 0.110. The van der Waals surface area contributed by atoms with Crippen molar-refractivity contribution in [3.63, 3.8) is 0 Å². The highest BCUT2D eigenvalue weighted by Gasteiger charge is 2.29. The predicted octanol–water partition coefficient (Wildman–Crippen LogP) is 6.07. The van der Waals surface area contributed by atoms with Gasteiger partial charge in [-0.15, -0.1) is 11.8 Å². The number of fused-ring (bicyclic) bond motifs is 1. The second kappa shape index (κ2) is 10.3. The number of ether oxygens (including phenoxy) is 2. The number of aromatic nitrogens is 2. The van der Waals surface area contributed by atoms with Crippen LogP contribution in [0.4, 0.5) is 13.2 Å². The van der Waals surface area contributed by atoms with Crippen LogP contribution in [0, 0.1) is 0 Å². The molecule has 5 nitrogen and oxygen atoms in total. The zero-order chi connectivity index (χ0) is 20.7. The van der Waals surface area contributed by atoms with E-state index in [1.165, 1.54) is 29.5 Å². The molecule has 0 amide bonds. The fraction of sp³-hybridized carbons (Fsp3) is 0.368. The quantitative estimate of drug-likeness (QED) is 0.453. The molecular weight excluding hydrogens is 425 g/mol. The summed E-state index contributed by atoms with van der Waals surface area (Å²) in [5, 5.41) is 0. The zero-order valence-corrected chi connectivity index (χ0v) is 17.1. The maximum absolute atomic E-state index is 12.0. The summed E-state index contributed by atoms with van der Waals surface area (Å²) in [7, 11) is 0. The van der Waals surface area contributed by atoms with E-state index in [2.05, 4.69) is 23.0 Å². The maximum atomic E-state index is 12.0. The van der Waals surface area contributed by atoms with Gasteiger partial charge in [-0.1, -0.05) is 6.92 Å². The van der Waals surface area contributed by atoms with E-state index in [9.17, 15) is 13.2 Å². The molecular formula is C19H19F3N2O3S2. The summed E-state index contributed by atoms with van der Waals surface area (Å²) in [6.45, 7) is 3.68. The van der Waals surface area contributed by atoms with Crippen molar-refractivity contribution in [3.8, 4) is 0 Å². The Balaban J connectivity index is 0.000000166. The predicted molar refractivity (Wildman–Crippen MR) is 106 cm³/mol. The van der Waals surface area contributed by atoms with Crippen LogP contribution < -0.4 is 0 Å². The van der Waals surface area contributed by atoms with Gasteiger partial charge in [-0.3, -0.25) is 4.98 Å². The van der Waals surface area contributed by atoms with Gasteiger partial charge in [0.25, 0.3) is 0 Å². The third kappa shape index (κ3) is 6.91. The highest BCUT2D eigenvalue weighted by molar-refractivity contribution is 8.00. The van der Waals surface area contributed by atoms with Gasteiger partial charge in [-0.2, -0.15) is 13.2 Å². The largest absolute Gasteiger partial charge is 0.446 e. The van der Waals surface area contributed by atoms with Gasteiger partial charge in [-0.05, 0) is 48.2 Å². The van der Waals surface area contributed by atoms with Gasteiger partial charge in [-0.25, -0.2) is 4.98 Å². The third-order valence-electron chi connectivity index (χ3n) is 3.68. The first kappa shape index (κ1) is 21.9. The molecule has 1 aromatic carbocycles. The standard InChI is InChI=1S/C11H15NO2S.C8H4F3NOS/c1-2-15-10-6-9(7-12-8-10)11-13-4-3-5-14-11;9-8(10,11)14-5-1-2-7-6(3-5)12-4-13-7/h6-8,11H,2-5H2,1H3;1-4H. The molecule has 3 aromatic rings. The number of pyridine rings is 1. The molecule has 0 spiro atoms. The molecule has 4 rings (SSSR count). The van der Waals surface area contributed by atoms with E-state index >= 15 is 0 Å². The average molecular weight is 445 g/mol. The number of benzene rings is 1. The lowest BCUT2D eigenvalue weighted by molar-refractivity contribution is -0.183. The van der Waals surface area contributed by atoms with E-state index in [0.29, 0.717) is 11.1 Å². The van der Waals surface area contributed by atoms with Gasteiger partial charge >= 0.3 is 5.51 Å². The summed E-state index contributed by atoms with van der Waals surface area (Å²) in [6.07, 6.45) is 5.65. The van der Waals surface area contributed by atoms with Crippen LogP contribution >= 0.6 is 23.5 Å². The molecule has 1 aliphatic heterocycles. The lowest BCUT2D eigenvalue weighted by atomic mass is 10.2. The molecule has 0 aliphatic carbocycles. The Bertz CT molecular complexity index is 915. The Morgan fingerprint density at radius 3 is 2.62 bits per heavy atom. The molecule has 1 aliphatic rings.